The first kappa shape index (κ1) is 20.9. The summed E-state index contributed by atoms with van der Waals surface area (Å²) in [4.78, 5) is 8.73. The number of aromatic nitrogens is 6. The quantitative estimate of drug-likeness (QED) is 0.383. The molecular formula is C21H21N7O2S2. The van der Waals surface area contributed by atoms with Crippen LogP contribution in [0.2, 0.25) is 0 Å². The third-order valence-corrected chi connectivity index (χ3v) is 6.63. The van der Waals surface area contributed by atoms with Crippen molar-refractivity contribution in [3.63, 3.8) is 0 Å². The van der Waals surface area contributed by atoms with Crippen LogP contribution in [0.25, 0.3) is 10.2 Å². The normalized spacial score (nSPS) is 20.7. The molecule has 0 saturated carbocycles. The highest BCUT2D eigenvalue weighted by molar-refractivity contribution is 7.79. The molecule has 2 N–H and O–H groups in total. The van der Waals surface area contributed by atoms with Crippen LogP contribution in [0.1, 0.15) is 43.5 Å². The molecule has 4 aromatic heterocycles. The van der Waals surface area contributed by atoms with Gasteiger partial charge in [0.1, 0.15) is 6.10 Å². The second-order valence-electron chi connectivity index (χ2n) is 7.93. The van der Waals surface area contributed by atoms with Crippen molar-refractivity contribution in [2.24, 2.45) is 0 Å². The minimum atomic E-state index is -0.770. The first-order valence-electron chi connectivity index (χ1n) is 10.2. The zero-order chi connectivity index (χ0) is 22.1. The molecule has 9 nitrogen and oxygen atoms in total. The van der Waals surface area contributed by atoms with Crippen molar-refractivity contribution < 1.29 is 9.47 Å². The van der Waals surface area contributed by atoms with Crippen LogP contribution >= 0.6 is 23.6 Å². The van der Waals surface area contributed by atoms with E-state index < -0.39 is 5.60 Å². The van der Waals surface area contributed by atoms with Crippen molar-refractivity contribution in [1.29, 1.82) is 0 Å². The Morgan fingerprint density at radius 3 is 3.09 bits per heavy atom. The molecule has 0 radical (unpaired) electrons. The highest BCUT2D eigenvalue weighted by Crippen LogP contribution is 2.38. The van der Waals surface area contributed by atoms with Crippen LogP contribution in [0.4, 0.5) is 11.6 Å². The summed E-state index contributed by atoms with van der Waals surface area (Å²) in [7, 11) is 0. The van der Waals surface area contributed by atoms with Gasteiger partial charge in [0.15, 0.2) is 17.2 Å². The lowest BCUT2D eigenvalue weighted by Crippen LogP contribution is -2.38. The molecule has 11 heteroatoms. The number of H-pyrrole nitrogens is 1. The van der Waals surface area contributed by atoms with Crippen molar-refractivity contribution in [1.82, 2.24) is 30.4 Å². The van der Waals surface area contributed by atoms with Gasteiger partial charge in [-0.25, -0.2) is 9.97 Å². The summed E-state index contributed by atoms with van der Waals surface area (Å²) >= 11 is 6.86. The minimum Gasteiger partial charge on any atom is -0.462 e. The zero-order valence-corrected chi connectivity index (χ0v) is 19.1. The van der Waals surface area contributed by atoms with Crippen LogP contribution < -0.4 is 10.1 Å². The van der Waals surface area contributed by atoms with Crippen molar-refractivity contribution >= 4 is 50.8 Å². The molecule has 0 aromatic carbocycles. The SMILES string of the molecule is CC(C)c1ccnnc1O[C@@]1(C=S)CO[C@@H](c2cc(Nc3nccc4ncsc34)n[nH]2)C1. The highest BCUT2D eigenvalue weighted by Gasteiger charge is 2.43. The van der Waals surface area contributed by atoms with Crippen molar-refractivity contribution in [2.75, 3.05) is 11.9 Å². The molecule has 5 rings (SSSR count). The van der Waals surface area contributed by atoms with E-state index >= 15 is 0 Å². The Balaban J connectivity index is 1.33. The van der Waals surface area contributed by atoms with Crippen LogP contribution in [0.5, 0.6) is 5.88 Å². The fraction of sp³-hybridized carbons (Fsp3) is 0.333. The number of hydrogen-bond donors (Lipinski definition) is 2. The number of fused-ring (bicyclic) bond motifs is 1. The van der Waals surface area contributed by atoms with Gasteiger partial charge >= 0.3 is 0 Å². The minimum absolute atomic E-state index is 0.247. The number of nitrogens with zero attached hydrogens (tertiary/aromatic N) is 5. The van der Waals surface area contributed by atoms with Gasteiger partial charge in [0.25, 0.3) is 0 Å². The third-order valence-electron chi connectivity index (χ3n) is 5.35. The number of pyridine rings is 1. The summed E-state index contributed by atoms with van der Waals surface area (Å²) in [5, 5.41) is 20.5. The highest BCUT2D eigenvalue weighted by atomic mass is 32.1. The predicted molar refractivity (Wildman–Crippen MR) is 126 cm³/mol. The molecule has 0 aliphatic carbocycles. The lowest BCUT2D eigenvalue weighted by molar-refractivity contribution is 0.0760. The third kappa shape index (κ3) is 3.94. The molecule has 32 heavy (non-hydrogen) atoms. The summed E-state index contributed by atoms with van der Waals surface area (Å²) in [5.74, 6) is 2.10. The molecule has 1 aliphatic heterocycles. The molecule has 1 fully saturated rings. The molecule has 5 heterocycles. The van der Waals surface area contributed by atoms with Gasteiger partial charge < -0.3 is 14.8 Å². The summed E-state index contributed by atoms with van der Waals surface area (Å²) < 4.78 is 13.3. The van der Waals surface area contributed by atoms with Gasteiger partial charge in [0, 0.05) is 29.6 Å². The summed E-state index contributed by atoms with van der Waals surface area (Å²) in [6.45, 7) is 4.49. The maximum Gasteiger partial charge on any atom is 0.237 e. The van der Waals surface area contributed by atoms with Crippen LogP contribution in [0, 0.1) is 0 Å². The van der Waals surface area contributed by atoms with Gasteiger partial charge in [-0.2, -0.15) is 10.2 Å². The van der Waals surface area contributed by atoms with E-state index in [2.05, 4.69) is 49.5 Å². The van der Waals surface area contributed by atoms with Gasteiger partial charge in [-0.1, -0.05) is 26.1 Å². The van der Waals surface area contributed by atoms with Gasteiger partial charge in [0.05, 0.1) is 34.2 Å². The van der Waals surface area contributed by atoms with Gasteiger partial charge in [-0.05, 0) is 18.1 Å². The fourth-order valence-electron chi connectivity index (χ4n) is 3.66. The Kier molecular flexibility index (Phi) is 5.53. The Labute approximate surface area is 193 Å². The molecule has 164 valence electrons. The average Bonchev–Trinajstić information content (AvgIpc) is 3.54. The summed E-state index contributed by atoms with van der Waals surface area (Å²) in [5.41, 5.74) is 3.74. The molecule has 0 bridgehead atoms. The van der Waals surface area contributed by atoms with Gasteiger partial charge in [-0.3, -0.25) is 5.10 Å². The van der Waals surface area contributed by atoms with E-state index in [1.54, 1.807) is 23.3 Å². The second kappa shape index (κ2) is 8.49. The van der Waals surface area contributed by atoms with E-state index in [1.165, 1.54) is 11.3 Å². The topological polar surface area (TPSA) is 111 Å². The van der Waals surface area contributed by atoms with Crippen LogP contribution in [0.15, 0.2) is 36.1 Å². The van der Waals surface area contributed by atoms with Crippen LogP contribution in [0.3, 0.4) is 0 Å². The predicted octanol–water partition coefficient (Wildman–Crippen LogP) is 4.35. The molecule has 1 aliphatic rings. The Morgan fingerprint density at radius 2 is 2.25 bits per heavy atom. The molecule has 4 aromatic rings. The van der Waals surface area contributed by atoms with Crippen LogP contribution in [-0.2, 0) is 4.74 Å². The fourth-order valence-corrected chi connectivity index (χ4v) is 4.60. The average molecular weight is 468 g/mol. The molecule has 0 unspecified atom stereocenters. The summed E-state index contributed by atoms with van der Waals surface area (Å²) in [6.07, 6.45) is 3.68. The lowest BCUT2D eigenvalue weighted by Gasteiger charge is -2.25. The molecule has 2 atom stereocenters. The van der Waals surface area contributed by atoms with Gasteiger partial charge in [-0.15, -0.1) is 16.4 Å². The Hall–Kier alpha value is -3.02. The number of anilines is 2. The Morgan fingerprint density at radius 1 is 1.34 bits per heavy atom. The van der Waals surface area contributed by atoms with Crippen molar-refractivity contribution in [3.8, 4) is 5.88 Å². The van der Waals surface area contributed by atoms with E-state index in [-0.39, 0.29) is 12.0 Å². The van der Waals surface area contributed by atoms with E-state index in [1.807, 2.05) is 18.2 Å². The number of aromatic amines is 1. The number of ether oxygens (including phenoxy) is 2. The number of thiocarbonyl (C=S) groups is 1. The van der Waals surface area contributed by atoms with E-state index in [0.717, 1.165) is 27.3 Å². The van der Waals surface area contributed by atoms with Gasteiger partial charge in [0.2, 0.25) is 5.88 Å². The number of thiazole rings is 1. The smallest absolute Gasteiger partial charge is 0.237 e. The first-order valence-corrected chi connectivity index (χ1v) is 11.5. The molecule has 0 spiro atoms. The van der Waals surface area contributed by atoms with E-state index in [0.29, 0.717) is 24.7 Å². The van der Waals surface area contributed by atoms with Crippen molar-refractivity contribution in [3.05, 3.63) is 47.4 Å². The monoisotopic (exact) mass is 467 g/mol. The second-order valence-corrected chi connectivity index (χ2v) is 9.02. The van der Waals surface area contributed by atoms with E-state index in [4.69, 9.17) is 21.7 Å². The maximum absolute atomic E-state index is 6.27. The molecule has 1 saturated heterocycles. The van der Waals surface area contributed by atoms with Crippen LogP contribution in [-0.4, -0.2) is 47.9 Å². The van der Waals surface area contributed by atoms with Crippen molar-refractivity contribution in [2.45, 2.75) is 37.9 Å². The zero-order valence-electron chi connectivity index (χ0n) is 17.5. The summed E-state index contributed by atoms with van der Waals surface area (Å²) in [6, 6.07) is 5.71. The number of rotatable bonds is 7. The maximum atomic E-state index is 6.27. The lowest BCUT2D eigenvalue weighted by atomic mass is 10.00. The molecular weight excluding hydrogens is 446 g/mol. The largest absolute Gasteiger partial charge is 0.462 e. The standard InChI is InChI=1S/C21H21N7O2S2/c1-12(2)13-3-6-24-28-20(13)30-21(10-31)8-16(29-9-21)15-7-17(27-26-15)25-19-18-14(4-5-22-19)23-11-32-18/h3-7,10-12,16H,8-9H2,1-2H3,(H2,22,25,26,27)/t16-,21-/m1/s1. The molecule has 0 amide bonds. The Bertz CT molecular complexity index is 1260. The van der Waals surface area contributed by atoms with E-state index in [9.17, 15) is 0 Å². The first-order chi connectivity index (χ1) is 15.6. The number of nitrogens with one attached hydrogen (secondary N) is 2. The number of hydrogen-bond acceptors (Lipinski definition) is 10.